The summed E-state index contributed by atoms with van der Waals surface area (Å²) in [5, 5.41) is 11.4. The molecule has 0 saturated heterocycles. The molecule has 216 valence electrons. The van der Waals surface area contributed by atoms with Gasteiger partial charge in [0, 0.05) is 11.2 Å². The van der Waals surface area contributed by atoms with Crippen molar-refractivity contribution in [1.29, 1.82) is 0 Å². The summed E-state index contributed by atoms with van der Waals surface area (Å²) in [5.74, 6) is 0.865. The minimum absolute atomic E-state index is 0.170. The van der Waals surface area contributed by atoms with Gasteiger partial charge >= 0.3 is 0 Å². The summed E-state index contributed by atoms with van der Waals surface area (Å²) in [6.07, 6.45) is 0. The Morgan fingerprint density at radius 3 is 2.10 bits per heavy atom. The van der Waals surface area contributed by atoms with Crippen LogP contribution >= 0.6 is 0 Å². The largest absolute Gasteiger partial charge is 0.497 e. The third kappa shape index (κ3) is 6.34. The van der Waals surface area contributed by atoms with Crippen LogP contribution in [0.3, 0.4) is 0 Å². The molecule has 1 N–H and O–H groups in total. The molecule has 3 aromatic carbocycles. The van der Waals surface area contributed by atoms with E-state index in [9.17, 15) is 9.59 Å². The Balaban J connectivity index is 1.91. The maximum atomic E-state index is 14.3. The number of ether oxygens (including phenoxy) is 4. The van der Waals surface area contributed by atoms with Gasteiger partial charge in [0.05, 0.1) is 34.0 Å². The van der Waals surface area contributed by atoms with Crippen molar-refractivity contribution in [1.82, 2.24) is 20.3 Å². The Labute approximate surface area is 238 Å². The van der Waals surface area contributed by atoms with Crippen LogP contribution < -0.4 is 29.2 Å². The van der Waals surface area contributed by atoms with Crippen molar-refractivity contribution in [2.24, 2.45) is 0 Å². The first kappa shape index (κ1) is 29.2. The molecule has 11 heteroatoms. The van der Waals surface area contributed by atoms with E-state index in [-0.39, 0.29) is 6.54 Å². The second-order valence-electron chi connectivity index (χ2n) is 10.3. The van der Waals surface area contributed by atoms with E-state index in [0.29, 0.717) is 45.3 Å². The molecule has 0 aliphatic carbocycles. The first-order valence-corrected chi connectivity index (χ1v) is 13.0. The highest BCUT2D eigenvalue weighted by Gasteiger charge is 2.36. The molecule has 0 fully saturated rings. The fourth-order valence-electron chi connectivity index (χ4n) is 4.53. The molecule has 1 aromatic heterocycles. The van der Waals surface area contributed by atoms with Gasteiger partial charge in [0.15, 0.2) is 11.5 Å². The van der Waals surface area contributed by atoms with Gasteiger partial charge in [0.1, 0.15) is 23.9 Å². The predicted molar refractivity (Wildman–Crippen MR) is 155 cm³/mol. The monoisotopic (exact) mass is 561 g/mol. The van der Waals surface area contributed by atoms with E-state index in [0.717, 1.165) is 0 Å². The van der Waals surface area contributed by atoms with Crippen molar-refractivity contribution in [3.8, 4) is 23.0 Å². The highest BCUT2D eigenvalue weighted by atomic mass is 16.5. The van der Waals surface area contributed by atoms with Crippen molar-refractivity contribution < 1.29 is 28.5 Å². The minimum atomic E-state index is -1.13. The SMILES string of the molecule is COc1ccc(N(C(=O)Cn2nnc3ccccc32)C(C(=O)NC(C)(C)C)c2cc(OC)c(OC)c(OC)c2)cc1. The first-order valence-electron chi connectivity index (χ1n) is 13.0. The number of rotatable bonds is 10. The van der Waals surface area contributed by atoms with Crippen LogP contribution in [0.5, 0.6) is 23.0 Å². The van der Waals surface area contributed by atoms with Gasteiger partial charge in [-0.2, -0.15) is 0 Å². The molecule has 1 atom stereocenters. The Kier molecular flexibility index (Phi) is 8.65. The smallest absolute Gasteiger partial charge is 0.249 e. The molecular weight excluding hydrogens is 526 g/mol. The van der Waals surface area contributed by atoms with Crippen LogP contribution in [0.15, 0.2) is 60.7 Å². The Bertz CT molecular complexity index is 1500. The summed E-state index contributed by atoms with van der Waals surface area (Å²) in [7, 11) is 6.05. The standard InChI is InChI=1S/C30H35N5O6/c1-30(2,3)31-29(37)27(19-16-24(39-5)28(41-7)25(17-19)40-6)35(20-12-14-21(38-4)15-13-20)26(36)18-34-23-11-9-8-10-22(23)32-33-34/h8-17,27H,18H2,1-7H3,(H,31,37). The second-order valence-corrected chi connectivity index (χ2v) is 10.3. The fourth-order valence-corrected chi connectivity index (χ4v) is 4.53. The molecule has 1 unspecified atom stereocenters. The van der Waals surface area contributed by atoms with Gasteiger partial charge in [0.25, 0.3) is 0 Å². The number of hydrogen-bond acceptors (Lipinski definition) is 8. The third-order valence-electron chi connectivity index (χ3n) is 6.33. The number of anilines is 1. The average Bonchev–Trinajstić information content (AvgIpc) is 3.36. The van der Waals surface area contributed by atoms with Crippen LogP contribution in [0.1, 0.15) is 32.4 Å². The summed E-state index contributed by atoms with van der Waals surface area (Å²) in [6, 6.07) is 16.5. The second kappa shape index (κ2) is 12.2. The molecule has 0 spiro atoms. The van der Waals surface area contributed by atoms with E-state index in [1.807, 2.05) is 45.0 Å². The fraction of sp³-hybridized carbons (Fsp3) is 0.333. The van der Waals surface area contributed by atoms with E-state index in [1.54, 1.807) is 43.5 Å². The van der Waals surface area contributed by atoms with Gasteiger partial charge in [-0.25, -0.2) is 4.68 Å². The number of fused-ring (bicyclic) bond motifs is 1. The number of amides is 2. The average molecular weight is 562 g/mol. The molecule has 11 nitrogen and oxygen atoms in total. The van der Waals surface area contributed by atoms with Gasteiger partial charge < -0.3 is 24.3 Å². The lowest BCUT2D eigenvalue weighted by Gasteiger charge is -2.34. The van der Waals surface area contributed by atoms with Gasteiger partial charge in [-0.1, -0.05) is 17.3 Å². The maximum absolute atomic E-state index is 14.3. The topological polar surface area (TPSA) is 117 Å². The van der Waals surface area contributed by atoms with E-state index >= 15 is 0 Å². The van der Waals surface area contributed by atoms with Crippen molar-refractivity contribution >= 4 is 28.5 Å². The third-order valence-corrected chi connectivity index (χ3v) is 6.33. The number of methoxy groups -OCH3 is 4. The first-order chi connectivity index (χ1) is 19.6. The van der Waals surface area contributed by atoms with Crippen LogP contribution in [0.4, 0.5) is 5.69 Å². The molecule has 0 aliphatic rings. The van der Waals surface area contributed by atoms with Crippen molar-refractivity contribution in [3.63, 3.8) is 0 Å². The number of benzene rings is 3. The number of para-hydroxylation sites is 1. The normalized spacial score (nSPS) is 12.0. The van der Waals surface area contributed by atoms with Gasteiger partial charge in [-0.3, -0.25) is 14.5 Å². The van der Waals surface area contributed by atoms with E-state index in [4.69, 9.17) is 18.9 Å². The number of carbonyl (C=O) groups is 2. The molecule has 0 radical (unpaired) electrons. The predicted octanol–water partition coefficient (Wildman–Crippen LogP) is 4.15. The van der Waals surface area contributed by atoms with Crippen LogP contribution in [-0.4, -0.2) is 60.8 Å². The highest BCUT2D eigenvalue weighted by Crippen LogP contribution is 2.42. The van der Waals surface area contributed by atoms with Crippen LogP contribution in [0.2, 0.25) is 0 Å². The molecular formula is C30H35N5O6. The zero-order chi connectivity index (χ0) is 29.7. The quantitative estimate of drug-likeness (QED) is 0.307. The zero-order valence-electron chi connectivity index (χ0n) is 24.3. The zero-order valence-corrected chi connectivity index (χ0v) is 24.3. The van der Waals surface area contributed by atoms with Crippen LogP contribution in [0.25, 0.3) is 11.0 Å². The van der Waals surface area contributed by atoms with Crippen molar-refractivity contribution in [3.05, 3.63) is 66.2 Å². The van der Waals surface area contributed by atoms with E-state index in [2.05, 4.69) is 15.6 Å². The van der Waals surface area contributed by atoms with Crippen LogP contribution in [0, 0.1) is 0 Å². The molecule has 41 heavy (non-hydrogen) atoms. The summed E-state index contributed by atoms with van der Waals surface area (Å²) in [6.45, 7) is 5.45. The molecule has 4 aromatic rings. The number of carbonyl (C=O) groups excluding carboxylic acids is 2. The lowest BCUT2D eigenvalue weighted by Crippen LogP contribution is -2.50. The maximum Gasteiger partial charge on any atom is 0.249 e. The highest BCUT2D eigenvalue weighted by molar-refractivity contribution is 6.02. The van der Waals surface area contributed by atoms with Crippen LogP contribution in [-0.2, 0) is 16.1 Å². The summed E-state index contributed by atoms with van der Waals surface area (Å²) in [4.78, 5) is 29.8. The Morgan fingerprint density at radius 1 is 0.902 bits per heavy atom. The number of nitrogens with one attached hydrogen (secondary N) is 1. The number of aromatic nitrogens is 3. The molecule has 1 heterocycles. The molecule has 0 bridgehead atoms. The number of nitrogens with zero attached hydrogens (tertiary/aromatic N) is 4. The lowest BCUT2D eigenvalue weighted by atomic mass is 9.99. The van der Waals surface area contributed by atoms with E-state index < -0.39 is 23.4 Å². The van der Waals surface area contributed by atoms with Crippen molar-refractivity contribution in [2.45, 2.75) is 38.9 Å². The lowest BCUT2D eigenvalue weighted by molar-refractivity contribution is -0.128. The Morgan fingerprint density at radius 2 is 1.54 bits per heavy atom. The van der Waals surface area contributed by atoms with Gasteiger partial charge in [-0.05, 0) is 74.9 Å². The summed E-state index contributed by atoms with van der Waals surface area (Å²) >= 11 is 0. The number of hydrogen-bond donors (Lipinski definition) is 1. The summed E-state index contributed by atoms with van der Waals surface area (Å²) in [5.41, 5.74) is 1.69. The van der Waals surface area contributed by atoms with Crippen molar-refractivity contribution in [2.75, 3.05) is 33.3 Å². The van der Waals surface area contributed by atoms with Gasteiger partial charge in [-0.15, -0.1) is 5.10 Å². The van der Waals surface area contributed by atoms with Gasteiger partial charge in [0.2, 0.25) is 17.6 Å². The molecule has 2 amide bonds. The molecule has 0 aliphatic heterocycles. The summed E-state index contributed by atoms with van der Waals surface area (Å²) < 4.78 is 23.5. The Hall–Kier alpha value is -4.80. The van der Waals surface area contributed by atoms with E-state index in [1.165, 1.54) is 30.9 Å². The molecule has 0 saturated carbocycles. The minimum Gasteiger partial charge on any atom is -0.497 e. The molecule has 4 rings (SSSR count).